The Morgan fingerprint density at radius 3 is 3.00 bits per heavy atom. The van der Waals surface area contributed by atoms with Crippen molar-refractivity contribution in [3.8, 4) is 0 Å². The molecule has 5 nitrogen and oxygen atoms in total. The summed E-state index contributed by atoms with van der Waals surface area (Å²) in [4.78, 5) is 9.48. The summed E-state index contributed by atoms with van der Waals surface area (Å²) >= 11 is 1.68. The van der Waals surface area contributed by atoms with E-state index in [1.165, 1.54) is 11.2 Å². The third-order valence-corrected chi connectivity index (χ3v) is 3.49. The van der Waals surface area contributed by atoms with Crippen LogP contribution in [0.3, 0.4) is 0 Å². The van der Waals surface area contributed by atoms with E-state index in [0.717, 1.165) is 18.7 Å². The highest BCUT2D eigenvalue weighted by Crippen LogP contribution is 2.20. The zero-order chi connectivity index (χ0) is 11.4. The SMILES string of the molecule is Cc1ncsc1C(C)NCCc1ncno1. The van der Waals surface area contributed by atoms with Crippen molar-refractivity contribution in [1.29, 1.82) is 0 Å². The first-order chi connectivity index (χ1) is 7.77. The van der Waals surface area contributed by atoms with Crippen molar-refractivity contribution in [2.75, 3.05) is 6.54 Å². The number of aryl methyl sites for hydroxylation is 1. The summed E-state index contributed by atoms with van der Waals surface area (Å²) in [5.74, 6) is 0.667. The van der Waals surface area contributed by atoms with Crippen LogP contribution in [-0.4, -0.2) is 21.7 Å². The Bertz CT molecular complexity index is 426. The van der Waals surface area contributed by atoms with Gasteiger partial charge in [0.05, 0.1) is 11.2 Å². The molecule has 0 saturated heterocycles. The monoisotopic (exact) mass is 238 g/mol. The summed E-state index contributed by atoms with van der Waals surface area (Å²) < 4.78 is 4.92. The largest absolute Gasteiger partial charge is 0.340 e. The van der Waals surface area contributed by atoms with Crippen molar-refractivity contribution in [3.05, 3.63) is 28.3 Å². The number of hydrogen-bond acceptors (Lipinski definition) is 6. The molecule has 0 radical (unpaired) electrons. The number of rotatable bonds is 5. The highest BCUT2D eigenvalue weighted by Gasteiger charge is 2.10. The van der Waals surface area contributed by atoms with Crippen molar-refractivity contribution in [2.45, 2.75) is 26.3 Å². The fourth-order valence-electron chi connectivity index (χ4n) is 1.52. The van der Waals surface area contributed by atoms with Crippen LogP contribution in [0.2, 0.25) is 0 Å². The van der Waals surface area contributed by atoms with Gasteiger partial charge in [-0.1, -0.05) is 5.16 Å². The van der Waals surface area contributed by atoms with Gasteiger partial charge in [-0.15, -0.1) is 11.3 Å². The zero-order valence-electron chi connectivity index (χ0n) is 9.30. The Morgan fingerprint density at radius 1 is 1.50 bits per heavy atom. The molecular formula is C10H14N4OS. The zero-order valence-corrected chi connectivity index (χ0v) is 10.1. The average Bonchev–Trinajstić information content (AvgIpc) is 2.88. The van der Waals surface area contributed by atoms with Crippen LogP contribution in [0.4, 0.5) is 0 Å². The van der Waals surface area contributed by atoms with Crippen molar-refractivity contribution < 1.29 is 4.52 Å². The maximum Gasteiger partial charge on any atom is 0.227 e. The van der Waals surface area contributed by atoms with Gasteiger partial charge < -0.3 is 9.84 Å². The maximum absolute atomic E-state index is 4.92. The fourth-order valence-corrected chi connectivity index (χ4v) is 2.36. The van der Waals surface area contributed by atoms with E-state index in [1.54, 1.807) is 11.3 Å². The van der Waals surface area contributed by atoms with E-state index < -0.39 is 0 Å². The topological polar surface area (TPSA) is 63.8 Å². The molecule has 2 heterocycles. The number of nitrogens with zero attached hydrogens (tertiary/aromatic N) is 3. The molecule has 16 heavy (non-hydrogen) atoms. The van der Waals surface area contributed by atoms with E-state index in [9.17, 15) is 0 Å². The van der Waals surface area contributed by atoms with Gasteiger partial charge in [0, 0.05) is 23.9 Å². The van der Waals surface area contributed by atoms with Gasteiger partial charge in [0.2, 0.25) is 5.89 Å². The lowest BCUT2D eigenvalue weighted by Crippen LogP contribution is -2.21. The molecule has 0 amide bonds. The molecule has 2 aromatic rings. The molecule has 1 unspecified atom stereocenters. The van der Waals surface area contributed by atoms with Gasteiger partial charge in [-0.2, -0.15) is 4.98 Å². The van der Waals surface area contributed by atoms with Crippen LogP contribution >= 0.6 is 11.3 Å². The molecule has 0 aliphatic rings. The van der Waals surface area contributed by atoms with Gasteiger partial charge in [0.25, 0.3) is 0 Å². The van der Waals surface area contributed by atoms with Crippen LogP contribution in [-0.2, 0) is 6.42 Å². The molecule has 1 atom stereocenters. The summed E-state index contributed by atoms with van der Waals surface area (Å²) in [7, 11) is 0. The Morgan fingerprint density at radius 2 is 2.38 bits per heavy atom. The van der Waals surface area contributed by atoms with Crippen LogP contribution in [0.25, 0.3) is 0 Å². The van der Waals surface area contributed by atoms with Crippen LogP contribution in [0.15, 0.2) is 16.4 Å². The van der Waals surface area contributed by atoms with Crippen LogP contribution in [0.1, 0.15) is 29.4 Å². The van der Waals surface area contributed by atoms with E-state index >= 15 is 0 Å². The summed E-state index contributed by atoms with van der Waals surface area (Å²) in [6.07, 6.45) is 2.17. The number of nitrogens with one attached hydrogen (secondary N) is 1. The molecule has 2 rings (SSSR count). The average molecular weight is 238 g/mol. The fraction of sp³-hybridized carbons (Fsp3) is 0.500. The van der Waals surface area contributed by atoms with Gasteiger partial charge in [0.15, 0.2) is 6.33 Å². The third kappa shape index (κ3) is 2.65. The Kier molecular flexibility index (Phi) is 3.63. The maximum atomic E-state index is 4.92. The van der Waals surface area contributed by atoms with Crippen molar-refractivity contribution in [1.82, 2.24) is 20.4 Å². The lowest BCUT2D eigenvalue weighted by atomic mass is 10.2. The Balaban J connectivity index is 1.80. The molecule has 2 aromatic heterocycles. The minimum absolute atomic E-state index is 0.315. The molecule has 0 bridgehead atoms. The number of hydrogen-bond donors (Lipinski definition) is 1. The lowest BCUT2D eigenvalue weighted by molar-refractivity contribution is 0.372. The second-order valence-corrected chi connectivity index (χ2v) is 4.45. The molecule has 86 valence electrons. The van der Waals surface area contributed by atoms with E-state index in [0.29, 0.717) is 11.9 Å². The van der Waals surface area contributed by atoms with Crippen molar-refractivity contribution >= 4 is 11.3 Å². The standard InChI is InChI=1S/C10H14N4OS/c1-7(10-8(2)13-6-16-10)11-4-3-9-12-5-14-15-9/h5-7,11H,3-4H2,1-2H3. The molecule has 0 saturated carbocycles. The predicted octanol–water partition coefficient (Wildman–Crippen LogP) is 1.73. The van der Waals surface area contributed by atoms with E-state index in [2.05, 4.69) is 27.4 Å². The second-order valence-electron chi connectivity index (χ2n) is 3.56. The number of thiazole rings is 1. The normalized spacial score (nSPS) is 12.9. The molecule has 0 aromatic carbocycles. The van der Waals surface area contributed by atoms with Crippen LogP contribution < -0.4 is 5.32 Å². The second kappa shape index (κ2) is 5.18. The van der Waals surface area contributed by atoms with Crippen LogP contribution in [0, 0.1) is 6.92 Å². The Hall–Kier alpha value is -1.27. The van der Waals surface area contributed by atoms with Crippen molar-refractivity contribution in [2.24, 2.45) is 0 Å². The van der Waals surface area contributed by atoms with Crippen molar-refractivity contribution in [3.63, 3.8) is 0 Å². The van der Waals surface area contributed by atoms with E-state index in [1.807, 2.05) is 12.4 Å². The molecule has 1 N–H and O–H groups in total. The van der Waals surface area contributed by atoms with Crippen LogP contribution in [0.5, 0.6) is 0 Å². The van der Waals surface area contributed by atoms with E-state index in [4.69, 9.17) is 4.52 Å². The summed E-state index contributed by atoms with van der Waals surface area (Å²) in [6.45, 7) is 4.98. The minimum atomic E-state index is 0.315. The van der Waals surface area contributed by atoms with Gasteiger partial charge >= 0.3 is 0 Å². The molecule has 0 aliphatic heterocycles. The lowest BCUT2D eigenvalue weighted by Gasteiger charge is -2.11. The highest BCUT2D eigenvalue weighted by molar-refractivity contribution is 7.09. The molecular weight excluding hydrogens is 224 g/mol. The van der Waals surface area contributed by atoms with E-state index in [-0.39, 0.29) is 0 Å². The summed E-state index contributed by atoms with van der Waals surface area (Å²) in [5.41, 5.74) is 2.98. The minimum Gasteiger partial charge on any atom is -0.340 e. The Labute approximate surface area is 97.9 Å². The molecule has 6 heteroatoms. The third-order valence-electron chi connectivity index (χ3n) is 2.37. The quantitative estimate of drug-likeness (QED) is 0.859. The summed E-state index contributed by atoms with van der Waals surface area (Å²) in [6, 6.07) is 0.315. The molecule has 0 aliphatic carbocycles. The van der Waals surface area contributed by atoms with Gasteiger partial charge in [-0.3, -0.25) is 0 Å². The first kappa shape index (κ1) is 11.2. The smallest absolute Gasteiger partial charge is 0.227 e. The first-order valence-corrected chi connectivity index (χ1v) is 6.04. The van der Waals surface area contributed by atoms with Gasteiger partial charge in [0.1, 0.15) is 0 Å². The molecule has 0 fully saturated rings. The molecule has 0 spiro atoms. The first-order valence-electron chi connectivity index (χ1n) is 5.16. The number of aromatic nitrogens is 3. The predicted molar refractivity (Wildman–Crippen MR) is 61.3 cm³/mol. The summed E-state index contributed by atoms with van der Waals surface area (Å²) in [5, 5.41) is 6.97. The van der Waals surface area contributed by atoms with Gasteiger partial charge in [-0.05, 0) is 13.8 Å². The highest BCUT2D eigenvalue weighted by atomic mass is 32.1. The van der Waals surface area contributed by atoms with Gasteiger partial charge in [-0.25, -0.2) is 4.98 Å².